The van der Waals surface area contributed by atoms with Crippen molar-refractivity contribution >= 4 is 11.9 Å². The Morgan fingerprint density at radius 2 is 1.70 bits per heavy atom. The molecule has 1 unspecified atom stereocenters. The van der Waals surface area contributed by atoms with Gasteiger partial charge in [0.1, 0.15) is 11.9 Å². The molecule has 0 radical (unpaired) electrons. The Bertz CT molecular complexity index is 939. The zero-order chi connectivity index (χ0) is 19.6. The number of fused-ring (bicyclic) bond motifs is 1. The van der Waals surface area contributed by atoms with Crippen LogP contribution in [-0.4, -0.2) is 11.9 Å². The molecule has 4 nitrogen and oxygen atoms in total. The molecule has 138 valence electrons. The van der Waals surface area contributed by atoms with E-state index in [9.17, 15) is 9.59 Å². The fraction of sp³-hybridized carbons (Fsp3) is 0.217. The second-order valence-corrected chi connectivity index (χ2v) is 6.78. The highest BCUT2D eigenvalue weighted by atomic mass is 16.5. The molecule has 0 aliphatic heterocycles. The molecule has 2 aromatic carbocycles. The van der Waals surface area contributed by atoms with E-state index >= 15 is 0 Å². The molecule has 27 heavy (non-hydrogen) atoms. The van der Waals surface area contributed by atoms with Crippen LogP contribution in [0.5, 0.6) is 5.75 Å². The van der Waals surface area contributed by atoms with Crippen molar-refractivity contribution < 1.29 is 19.1 Å². The SMILES string of the molecule is C=C(C)C(=O)Oc1cccc(-c2cccc3c2CCC3OC(=O)C(=C)C)c1. The lowest BCUT2D eigenvalue weighted by Crippen LogP contribution is -2.09. The maximum atomic E-state index is 11.9. The Balaban J connectivity index is 1.90. The van der Waals surface area contributed by atoms with Gasteiger partial charge in [0.15, 0.2) is 0 Å². The van der Waals surface area contributed by atoms with Crippen LogP contribution >= 0.6 is 0 Å². The van der Waals surface area contributed by atoms with E-state index in [2.05, 4.69) is 13.2 Å². The van der Waals surface area contributed by atoms with E-state index in [1.807, 2.05) is 36.4 Å². The topological polar surface area (TPSA) is 52.6 Å². The second-order valence-electron chi connectivity index (χ2n) is 6.78. The number of rotatable bonds is 5. The summed E-state index contributed by atoms with van der Waals surface area (Å²) >= 11 is 0. The third-order valence-electron chi connectivity index (χ3n) is 4.52. The van der Waals surface area contributed by atoms with Gasteiger partial charge >= 0.3 is 11.9 Å². The van der Waals surface area contributed by atoms with Crippen molar-refractivity contribution in [1.82, 2.24) is 0 Å². The Kier molecular flexibility index (Phi) is 5.26. The van der Waals surface area contributed by atoms with Crippen LogP contribution in [0.4, 0.5) is 0 Å². The first-order valence-electron chi connectivity index (χ1n) is 8.83. The zero-order valence-electron chi connectivity index (χ0n) is 15.6. The molecule has 0 aromatic heterocycles. The van der Waals surface area contributed by atoms with Gasteiger partial charge in [0.25, 0.3) is 0 Å². The fourth-order valence-corrected chi connectivity index (χ4v) is 3.16. The average Bonchev–Trinajstić information content (AvgIpc) is 3.04. The third kappa shape index (κ3) is 4.00. The molecule has 0 fully saturated rings. The van der Waals surface area contributed by atoms with Crippen LogP contribution in [0.15, 0.2) is 66.8 Å². The van der Waals surface area contributed by atoms with Gasteiger partial charge in [-0.05, 0) is 61.1 Å². The summed E-state index contributed by atoms with van der Waals surface area (Å²) in [4.78, 5) is 23.7. The minimum atomic E-state index is -0.447. The van der Waals surface area contributed by atoms with E-state index in [0.29, 0.717) is 16.9 Å². The predicted octanol–water partition coefficient (Wildman–Crippen LogP) is 4.94. The molecule has 0 bridgehead atoms. The number of hydrogen-bond acceptors (Lipinski definition) is 4. The lowest BCUT2D eigenvalue weighted by Gasteiger charge is -2.15. The number of carbonyl (C=O) groups excluding carboxylic acids is 2. The maximum absolute atomic E-state index is 11.9. The molecule has 0 saturated carbocycles. The van der Waals surface area contributed by atoms with E-state index < -0.39 is 5.97 Å². The summed E-state index contributed by atoms with van der Waals surface area (Å²) in [6.07, 6.45) is 1.30. The van der Waals surface area contributed by atoms with E-state index in [-0.39, 0.29) is 12.1 Å². The molecule has 0 saturated heterocycles. The summed E-state index contributed by atoms with van der Waals surface area (Å²) < 4.78 is 10.9. The van der Waals surface area contributed by atoms with Gasteiger partial charge in [-0.3, -0.25) is 0 Å². The van der Waals surface area contributed by atoms with Crippen molar-refractivity contribution in [3.63, 3.8) is 0 Å². The molecule has 2 aromatic rings. The van der Waals surface area contributed by atoms with Crippen molar-refractivity contribution in [2.45, 2.75) is 32.8 Å². The van der Waals surface area contributed by atoms with Crippen molar-refractivity contribution in [3.8, 4) is 16.9 Å². The standard InChI is InChI=1S/C23H22O4/c1-14(2)22(24)26-17-8-5-7-16(13-17)18-9-6-10-20-19(18)11-12-21(20)27-23(25)15(3)4/h5-10,13,21H,1,3,11-12H2,2,4H3. The van der Waals surface area contributed by atoms with Crippen LogP contribution in [-0.2, 0) is 20.7 Å². The summed E-state index contributed by atoms with van der Waals surface area (Å²) in [5.41, 5.74) is 4.92. The van der Waals surface area contributed by atoms with Crippen LogP contribution in [0.2, 0.25) is 0 Å². The number of hydrogen-bond donors (Lipinski definition) is 0. The Morgan fingerprint density at radius 1 is 1.00 bits per heavy atom. The molecule has 0 N–H and O–H groups in total. The van der Waals surface area contributed by atoms with E-state index in [4.69, 9.17) is 9.47 Å². The quantitative estimate of drug-likeness (QED) is 0.429. The molecular weight excluding hydrogens is 340 g/mol. The van der Waals surface area contributed by atoms with Crippen LogP contribution in [0.25, 0.3) is 11.1 Å². The smallest absolute Gasteiger partial charge is 0.338 e. The highest BCUT2D eigenvalue weighted by Gasteiger charge is 2.28. The van der Waals surface area contributed by atoms with Crippen molar-refractivity contribution in [2.75, 3.05) is 0 Å². The molecule has 3 rings (SSSR count). The molecule has 0 amide bonds. The zero-order valence-corrected chi connectivity index (χ0v) is 15.6. The van der Waals surface area contributed by atoms with Crippen molar-refractivity contribution in [1.29, 1.82) is 0 Å². The van der Waals surface area contributed by atoms with Crippen molar-refractivity contribution in [2.24, 2.45) is 0 Å². The molecule has 0 spiro atoms. The van der Waals surface area contributed by atoms with E-state index in [1.54, 1.807) is 19.9 Å². The van der Waals surface area contributed by atoms with Crippen LogP contribution in [0.3, 0.4) is 0 Å². The minimum Gasteiger partial charge on any atom is -0.454 e. The molecule has 1 atom stereocenters. The number of ether oxygens (including phenoxy) is 2. The first-order valence-corrected chi connectivity index (χ1v) is 8.83. The lowest BCUT2D eigenvalue weighted by molar-refractivity contribution is -0.144. The molecule has 0 heterocycles. The Morgan fingerprint density at radius 3 is 2.41 bits per heavy atom. The van der Waals surface area contributed by atoms with Gasteiger partial charge in [-0.1, -0.05) is 43.5 Å². The summed E-state index contributed by atoms with van der Waals surface area (Å²) in [5, 5.41) is 0. The van der Waals surface area contributed by atoms with Gasteiger partial charge in [0, 0.05) is 11.1 Å². The van der Waals surface area contributed by atoms with Gasteiger partial charge in [-0.25, -0.2) is 9.59 Å². The normalized spacial score (nSPS) is 15.0. The number of benzene rings is 2. The first-order chi connectivity index (χ1) is 12.9. The highest BCUT2D eigenvalue weighted by molar-refractivity contribution is 5.89. The summed E-state index contributed by atoms with van der Waals surface area (Å²) in [7, 11) is 0. The minimum absolute atomic E-state index is 0.256. The Labute approximate surface area is 159 Å². The van der Waals surface area contributed by atoms with Crippen LogP contribution < -0.4 is 4.74 Å². The predicted molar refractivity (Wildman–Crippen MR) is 104 cm³/mol. The summed E-state index contributed by atoms with van der Waals surface area (Å²) in [6.45, 7) is 10.5. The average molecular weight is 362 g/mol. The van der Waals surface area contributed by atoms with Gasteiger partial charge < -0.3 is 9.47 Å². The summed E-state index contributed by atoms with van der Waals surface area (Å²) in [6, 6.07) is 13.4. The highest BCUT2D eigenvalue weighted by Crippen LogP contribution is 2.40. The number of esters is 2. The largest absolute Gasteiger partial charge is 0.454 e. The molecule has 1 aliphatic rings. The Hall–Kier alpha value is -3.14. The lowest BCUT2D eigenvalue weighted by atomic mass is 9.96. The molecular formula is C23H22O4. The van der Waals surface area contributed by atoms with Crippen LogP contribution in [0.1, 0.15) is 37.5 Å². The number of carbonyl (C=O) groups is 2. The van der Waals surface area contributed by atoms with E-state index in [1.165, 1.54) is 0 Å². The maximum Gasteiger partial charge on any atom is 0.338 e. The van der Waals surface area contributed by atoms with Gasteiger partial charge in [0.2, 0.25) is 0 Å². The van der Waals surface area contributed by atoms with E-state index in [0.717, 1.165) is 35.1 Å². The van der Waals surface area contributed by atoms with Gasteiger partial charge in [-0.2, -0.15) is 0 Å². The van der Waals surface area contributed by atoms with Gasteiger partial charge in [0.05, 0.1) is 0 Å². The first kappa shape index (κ1) is 18.6. The van der Waals surface area contributed by atoms with Crippen molar-refractivity contribution in [3.05, 3.63) is 77.9 Å². The third-order valence-corrected chi connectivity index (χ3v) is 4.52. The molecule has 4 heteroatoms. The fourth-order valence-electron chi connectivity index (χ4n) is 3.16. The summed E-state index contributed by atoms with van der Waals surface area (Å²) in [5.74, 6) is -0.342. The monoisotopic (exact) mass is 362 g/mol. The van der Waals surface area contributed by atoms with Gasteiger partial charge in [-0.15, -0.1) is 0 Å². The molecule has 1 aliphatic carbocycles. The second kappa shape index (κ2) is 7.62. The van der Waals surface area contributed by atoms with Crippen LogP contribution in [0, 0.1) is 0 Å².